The lowest BCUT2D eigenvalue weighted by Crippen LogP contribution is -2.61. The first-order valence-corrected chi connectivity index (χ1v) is 37.6. The van der Waals surface area contributed by atoms with Crippen LogP contribution in [0, 0.1) is 0 Å². The zero-order chi connectivity index (χ0) is 62.4. The van der Waals surface area contributed by atoms with Gasteiger partial charge in [0.2, 0.25) is 5.91 Å². The predicted octanol–water partition coefficient (Wildman–Crippen LogP) is 19.6. The van der Waals surface area contributed by atoms with Crippen LogP contribution in [0.1, 0.15) is 380 Å². The molecule has 1 aliphatic heterocycles. The normalized spacial score (nSPS) is 18.3. The molecule has 0 aromatic heterocycles. The number of aliphatic hydroxyl groups excluding tert-OH is 5. The maximum absolute atomic E-state index is 13.5. The van der Waals surface area contributed by atoms with Gasteiger partial charge in [0.1, 0.15) is 24.4 Å². The standard InChI is InChI=1S/C75H143NO10/c1-4-7-10-13-16-19-22-25-27-29-31-33-35-37-39-41-43-45-48-51-54-57-60-63-70(80)86-73-72(82)71(81)69(64-77)85-75(73)84-65-66(67(78)61-58-55-52-49-46-24-21-18-15-12-9-6-3)76-74(83)68(79)62-59-56-53-50-47-44-42-40-38-36-34-32-30-28-26-23-20-17-14-11-8-5-2/h25,27,58,61,66-69,71-73,75,77-79,81-82H,4-24,26,28-57,59-60,62-65H2,1-3H3,(H,76,83)/b27-25+,61-58+. The fourth-order valence-corrected chi connectivity index (χ4v) is 12.2. The molecule has 1 amide bonds. The molecule has 0 aromatic rings. The van der Waals surface area contributed by atoms with Crippen molar-refractivity contribution >= 4 is 11.9 Å². The maximum Gasteiger partial charge on any atom is 0.306 e. The van der Waals surface area contributed by atoms with Crippen molar-refractivity contribution in [3.63, 3.8) is 0 Å². The number of esters is 1. The largest absolute Gasteiger partial charge is 0.454 e. The number of hydrogen-bond donors (Lipinski definition) is 6. The Hall–Kier alpha value is -1.86. The molecule has 1 fully saturated rings. The average molecular weight is 1220 g/mol. The molecule has 6 N–H and O–H groups in total. The van der Waals surface area contributed by atoms with Crippen LogP contribution >= 0.6 is 0 Å². The van der Waals surface area contributed by atoms with Gasteiger partial charge in [0.25, 0.3) is 0 Å². The molecule has 1 aliphatic rings. The summed E-state index contributed by atoms with van der Waals surface area (Å²) in [5.74, 6) is -1.17. The number of nitrogens with one attached hydrogen (secondary N) is 1. The molecule has 1 heterocycles. The first-order valence-electron chi connectivity index (χ1n) is 37.6. The van der Waals surface area contributed by atoms with Gasteiger partial charge < -0.3 is 45.1 Å². The molecule has 0 spiro atoms. The van der Waals surface area contributed by atoms with Crippen LogP contribution in [0.3, 0.4) is 0 Å². The van der Waals surface area contributed by atoms with E-state index in [1.165, 1.54) is 276 Å². The molecule has 1 rings (SSSR count). The van der Waals surface area contributed by atoms with Crippen molar-refractivity contribution in [1.82, 2.24) is 5.32 Å². The number of allylic oxidation sites excluding steroid dienone is 3. The monoisotopic (exact) mass is 1220 g/mol. The minimum Gasteiger partial charge on any atom is -0.454 e. The van der Waals surface area contributed by atoms with Crippen molar-refractivity contribution in [2.24, 2.45) is 0 Å². The molecule has 0 radical (unpaired) electrons. The highest BCUT2D eigenvalue weighted by Gasteiger charge is 2.47. The van der Waals surface area contributed by atoms with E-state index in [9.17, 15) is 35.1 Å². The van der Waals surface area contributed by atoms with Crippen molar-refractivity contribution < 1.29 is 49.3 Å². The van der Waals surface area contributed by atoms with E-state index in [1.54, 1.807) is 6.08 Å². The third-order valence-electron chi connectivity index (χ3n) is 18.1. The van der Waals surface area contributed by atoms with E-state index in [1.807, 2.05) is 6.08 Å². The Morgan fingerprint density at radius 1 is 0.442 bits per heavy atom. The first-order chi connectivity index (χ1) is 42.2. The van der Waals surface area contributed by atoms with Crippen LogP contribution in [0.2, 0.25) is 0 Å². The van der Waals surface area contributed by atoms with Gasteiger partial charge in [-0.15, -0.1) is 0 Å². The number of amides is 1. The van der Waals surface area contributed by atoms with E-state index in [2.05, 4.69) is 38.2 Å². The van der Waals surface area contributed by atoms with Crippen LogP contribution in [-0.2, 0) is 23.8 Å². The number of ether oxygens (including phenoxy) is 3. The average Bonchev–Trinajstić information content (AvgIpc) is 3.39. The van der Waals surface area contributed by atoms with E-state index in [0.29, 0.717) is 19.3 Å². The number of carbonyl (C=O) groups is 2. The third kappa shape index (κ3) is 49.9. The highest BCUT2D eigenvalue weighted by molar-refractivity contribution is 5.80. The van der Waals surface area contributed by atoms with Crippen LogP contribution in [0.5, 0.6) is 0 Å². The van der Waals surface area contributed by atoms with Gasteiger partial charge in [-0.3, -0.25) is 9.59 Å². The molecule has 508 valence electrons. The van der Waals surface area contributed by atoms with Gasteiger partial charge in [-0.05, 0) is 51.4 Å². The Balaban J connectivity index is 2.53. The number of aliphatic hydroxyl groups is 5. The molecule has 1 saturated heterocycles. The Labute approximate surface area is 531 Å². The van der Waals surface area contributed by atoms with Crippen molar-refractivity contribution in [3.8, 4) is 0 Å². The van der Waals surface area contributed by atoms with Crippen LogP contribution in [0.25, 0.3) is 0 Å². The predicted molar refractivity (Wildman–Crippen MR) is 361 cm³/mol. The molecule has 0 bridgehead atoms. The summed E-state index contributed by atoms with van der Waals surface area (Å²) in [6, 6.07) is -1.02. The summed E-state index contributed by atoms with van der Waals surface area (Å²) in [4.78, 5) is 26.7. The second-order valence-corrected chi connectivity index (χ2v) is 26.4. The van der Waals surface area contributed by atoms with Crippen LogP contribution in [-0.4, -0.2) is 99.6 Å². The second-order valence-electron chi connectivity index (χ2n) is 26.4. The Morgan fingerprint density at radius 3 is 1.13 bits per heavy atom. The van der Waals surface area contributed by atoms with Crippen LogP contribution in [0.4, 0.5) is 0 Å². The summed E-state index contributed by atoms with van der Waals surface area (Å²) in [5.41, 5.74) is 0. The van der Waals surface area contributed by atoms with Gasteiger partial charge in [0.15, 0.2) is 12.4 Å². The molecule has 0 saturated carbocycles. The van der Waals surface area contributed by atoms with Crippen LogP contribution in [0.15, 0.2) is 24.3 Å². The SMILES string of the molecule is CCCCCCCC/C=C/CCCCCCCCCCCCCCCC(=O)OC1C(OCC(NC(=O)C(O)CCCCCCCCCCCCCCCCCCCCCCCC)C(O)/C=C/CCCCCCCCCCCC)OC(CO)C(O)C1O. The molecule has 11 heteroatoms. The smallest absolute Gasteiger partial charge is 0.306 e. The minimum atomic E-state index is -1.61. The number of carbonyl (C=O) groups excluding carboxylic acids is 2. The number of rotatable bonds is 66. The van der Waals surface area contributed by atoms with Crippen molar-refractivity contribution in [3.05, 3.63) is 24.3 Å². The fourth-order valence-electron chi connectivity index (χ4n) is 12.2. The molecular formula is C75H143NO10. The highest BCUT2D eigenvalue weighted by Crippen LogP contribution is 2.27. The van der Waals surface area contributed by atoms with Gasteiger partial charge >= 0.3 is 5.97 Å². The van der Waals surface area contributed by atoms with Gasteiger partial charge in [-0.2, -0.15) is 0 Å². The molecule has 11 nitrogen and oxygen atoms in total. The Kier molecular flexibility index (Phi) is 60.5. The molecule has 86 heavy (non-hydrogen) atoms. The zero-order valence-electron chi connectivity index (χ0n) is 56.7. The quantitative estimate of drug-likeness (QED) is 0.0195. The number of unbranched alkanes of at least 4 members (excludes halogenated alkanes) is 50. The van der Waals surface area contributed by atoms with Gasteiger partial charge in [0, 0.05) is 6.42 Å². The third-order valence-corrected chi connectivity index (χ3v) is 18.1. The topological polar surface area (TPSA) is 175 Å². The van der Waals surface area contributed by atoms with E-state index < -0.39 is 67.4 Å². The van der Waals surface area contributed by atoms with E-state index in [0.717, 1.165) is 57.8 Å². The van der Waals surface area contributed by atoms with Crippen molar-refractivity contribution in [2.45, 2.75) is 429 Å². The van der Waals surface area contributed by atoms with Gasteiger partial charge in [-0.1, -0.05) is 347 Å². The Morgan fingerprint density at radius 2 is 0.767 bits per heavy atom. The van der Waals surface area contributed by atoms with Gasteiger partial charge in [0.05, 0.1) is 25.4 Å². The lowest BCUT2D eigenvalue weighted by atomic mass is 9.99. The summed E-state index contributed by atoms with van der Waals surface area (Å²) < 4.78 is 17.7. The number of hydrogen-bond acceptors (Lipinski definition) is 10. The van der Waals surface area contributed by atoms with E-state index in [-0.39, 0.29) is 13.0 Å². The first kappa shape index (κ1) is 82.2. The summed E-state index contributed by atoms with van der Waals surface area (Å²) in [6.07, 6.45) is 66.6. The molecule has 0 aromatic carbocycles. The maximum atomic E-state index is 13.5. The minimum absolute atomic E-state index is 0.129. The van der Waals surface area contributed by atoms with Crippen molar-refractivity contribution in [2.75, 3.05) is 13.2 Å². The summed E-state index contributed by atoms with van der Waals surface area (Å²) in [7, 11) is 0. The fraction of sp³-hybridized carbons (Fsp3) is 0.920. The second kappa shape index (κ2) is 63.3. The highest BCUT2D eigenvalue weighted by atomic mass is 16.7. The van der Waals surface area contributed by atoms with E-state index >= 15 is 0 Å². The summed E-state index contributed by atoms with van der Waals surface area (Å²) in [5, 5.41) is 57.3. The zero-order valence-corrected chi connectivity index (χ0v) is 56.7. The molecule has 8 atom stereocenters. The summed E-state index contributed by atoms with van der Waals surface area (Å²) in [6.45, 7) is 5.86. The summed E-state index contributed by atoms with van der Waals surface area (Å²) >= 11 is 0. The lowest BCUT2D eigenvalue weighted by Gasteiger charge is -2.41. The lowest BCUT2D eigenvalue weighted by molar-refractivity contribution is -0.305. The van der Waals surface area contributed by atoms with Crippen molar-refractivity contribution in [1.29, 1.82) is 0 Å². The molecule has 0 aliphatic carbocycles. The molecule has 8 unspecified atom stereocenters. The van der Waals surface area contributed by atoms with Crippen LogP contribution < -0.4 is 5.32 Å². The van der Waals surface area contributed by atoms with E-state index in [4.69, 9.17) is 14.2 Å². The molecular weight excluding hydrogens is 1070 g/mol. The van der Waals surface area contributed by atoms with Gasteiger partial charge in [-0.25, -0.2) is 0 Å². The Bertz CT molecular complexity index is 1500.